The predicted molar refractivity (Wildman–Crippen MR) is 186 cm³/mol. The Morgan fingerprint density at radius 1 is 0.706 bits per heavy atom. The highest BCUT2D eigenvalue weighted by Gasteiger charge is 2.34. The number of carbonyl (C=O) groups is 7. The smallest absolute Gasteiger partial charge is 0.338 e. The first kappa shape index (κ1) is 46.6. The fourth-order valence-electron chi connectivity index (χ4n) is 4.68. The minimum Gasteiger partial charge on any atom is -0.391 e. The Bertz CT molecular complexity index is 1200. The molecule has 0 unspecified atom stereocenters. The van der Waals surface area contributed by atoms with Gasteiger partial charge in [-0.15, -0.1) is 0 Å². The van der Waals surface area contributed by atoms with Crippen LogP contribution in [0.3, 0.4) is 0 Å². The maximum atomic E-state index is 13.7. The molecule has 51 heavy (non-hydrogen) atoms. The van der Waals surface area contributed by atoms with Crippen molar-refractivity contribution in [1.29, 1.82) is 0 Å². The van der Waals surface area contributed by atoms with Gasteiger partial charge in [-0.1, -0.05) is 33.6 Å². The van der Waals surface area contributed by atoms with Gasteiger partial charge in [0.25, 0.3) is 5.91 Å². The monoisotopic (exact) mass is 730 g/mol. The number of guanidine groups is 1. The van der Waals surface area contributed by atoms with Crippen molar-refractivity contribution in [3.8, 4) is 0 Å². The van der Waals surface area contributed by atoms with Gasteiger partial charge in [0.1, 0.15) is 36.5 Å². The molecule has 0 aromatic heterocycles. The molecule has 0 saturated carbocycles. The van der Waals surface area contributed by atoms with Gasteiger partial charge in [-0.2, -0.15) is 0 Å². The van der Waals surface area contributed by atoms with Gasteiger partial charge in [0.15, 0.2) is 6.04 Å². The molecule has 8 atom stereocenters. The van der Waals surface area contributed by atoms with Crippen LogP contribution < -0.4 is 54.5 Å². The van der Waals surface area contributed by atoms with E-state index in [1.807, 2.05) is 20.8 Å². The number of aldehydes is 1. The molecule has 0 aromatic rings. The summed E-state index contributed by atoms with van der Waals surface area (Å²) >= 11 is 0. The van der Waals surface area contributed by atoms with E-state index in [1.54, 1.807) is 0 Å². The molecule has 0 aliphatic carbocycles. The number of rotatable bonds is 24. The number of hydrogen-bond acceptors (Lipinski definition) is 9. The minimum absolute atomic E-state index is 0.0115. The van der Waals surface area contributed by atoms with Crippen LogP contribution in [0.15, 0.2) is 0 Å². The van der Waals surface area contributed by atoms with Crippen LogP contribution in [-0.2, 0) is 33.6 Å². The van der Waals surface area contributed by atoms with Gasteiger partial charge in [-0.3, -0.25) is 45.2 Å². The van der Waals surface area contributed by atoms with Crippen LogP contribution in [0.25, 0.3) is 0 Å². The Kier molecular flexibility index (Phi) is 21.2. The standard InChI is InChI=1S/C32H60N10O9/c1-17(33)26(47)38-21(11-9-15-37-31(35)36)29(50)42-25(19(3)45)30(51)40-20(10-7-8-14-32(4,5)6)27(48)39-22(12-13-24(34)46)28(49)41-23(16-43)18(2)44/h16-23,25,44-45H,7-15,33H2,1-6H3,(H2,34,46)(H,38,47)(H,39,48)(H,40,51)(H,41,49)(H,42,50)(H4,35,36,37)/p+2/t17-,18+,19+,20-,21-,22-,23+,25-/m0/s1. The Balaban J connectivity index is 6.25. The molecule has 0 heterocycles. The summed E-state index contributed by atoms with van der Waals surface area (Å²) in [6, 6.07) is -7.36. The number of aliphatic hydroxyl groups excluding tert-OH is 2. The quantitative estimate of drug-likeness (QED) is 0.0192. The molecule has 0 radical (unpaired) electrons. The van der Waals surface area contributed by atoms with Crippen molar-refractivity contribution < 1.29 is 54.5 Å². The van der Waals surface area contributed by atoms with Crippen LogP contribution in [0.4, 0.5) is 0 Å². The fourth-order valence-corrected chi connectivity index (χ4v) is 4.68. The summed E-state index contributed by atoms with van der Waals surface area (Å²) in [5.41, 5.74) is 19.7. The van der Waals surface area contributed by atoms with E-state index in [-0.39, 0.29) is 43.6 Å². The Morgan fingerprint density at radius 2 is 1.20 bits per heavy atom. The normalized spacial score (nSPS) is 16.0. The summed E-state index contributed by atoms with van der Waals surface area (Å²) in [5.74, 6) is -4.72. The Labute approximate surface area is 299 Å². The van der Waals surface area contributed by atoms with Gasteiger partial charge in [0.05, 0.1) is 18.8 Å². The van der Waals surface area contributed by atoms with E-state index in [9.17, 15) is 43.8 Å². The molecule has 0 fully saturated rings. The van der Waals surface area contributed by atoms with E-state index >= 15 is 0 Å². The maximum Gasteiger partial charge on any atom is 0.338 e. The molecule has 0 saturated heterocycles. The Hall–Kier alpha value is -4.36. The lowest BCUT2D eigenvalue weighted by atomic mass is 9.89. The zero-order valence-electron chi connectivity index (χ0n) is 30.8. The van der Waals surface area contributed by atoms with Crippen molar-refractivity contribution in [2.45, 2.75) is 141 Å². The summed E-state index contributed by atoms with van der Waals surface area (Å²) in [7, 11) is 0. The van der Waals surface area contributed by atoms with Crippen LogP contribution in [0.2, 0.25) is 0 Å². The van der Waals surface area contributed by atoms with E-state index in [1.165, 1.54) is 20.8 Å². The average Bonchev–Trinajstić information content (AvgIpc) is 3.01. The van der Waals surface area contributed by atoms with Gasteiger partial charge in [-0.25, -0.2) is 0 Å². The zero-order valence-corrected chi connectivity index (χ0v) is 30.8. The third-order valence-electron chi connectivity index (χ3n) is 7.73. The number of hydrogen-bond donors (Lipinski definition) is 12. The van der Waals surface area contributed by atoms with E-state index in [4.69, 9.17) is 17.2 Å². The van der Waals surface area contributed by atoms with Crippen molar-refractivity contribution in [2.24, 2.45) is 22.6 Å². The van der Waals surface area contributed by atoms with Crippen LogP contribution in [-0.4, -0.2) is 113 Å². The highest BCUT2D eigenvalue weighted by Crippen LogP contribution is 2.22. The number of quaternary nitrogens is 1. The van der Waals surface area contributed by atoms with E-state index in [0.29, 0.717) is 25.5 Å². The number of nitrogens with one attached hydrogen (secondary N) is 6. The number of unbranched alkanes of at least 4 members (excludes halogenated alkanes) is 1. The molecule has 0 aliphatic heterocycles. The molecule has 292 valence electrons. The lowest BCUT2D eigenvalue weighted by Gasteiger charge is -2.28. The number of aliphatic hydroxyl groups is 2. The summed E-state index contributed by atoms with van der Waals surface area (Å²) in [4.78, 5) is 91.7. The van der Waals surface area contributed by atoms with Crippen molar-refractivity contribution in [2.75, 3.05) is 6.54 Å². The van der Waals surface area contributed by atoms with Gasteiger partial charge in [-0.05, 0) is 58.3 Å². The molecule has 0 aromatic carbocycles. The zero-order chi connectivity index (χ0) is 39.5. The first-order valence-electron chi connectivity index (χ1n) is 17.2. The van der Waals surface area contributed by atoms with E-state index in [0.717, 1.165) is 6.42 Å². The molecule has 0 bridgehead atoms. The summed E-state index contributed by atoms with van der Waals surface area (Å²) in [6.45, 7) is 10.5. The van der Waals surface area contributed by atoms with E-state index in [2.05, 4.69) is 37.3 Å². The van der Waals surface area contributed by atoms with E-state index < -0.39 is 83.9 Å². The summed E-state index contributed by atoms with van der Waals surface area (Å²) in [5, 5.41) is 32.7. The second kappa shape index (κ2) is 23.2. The van der Waals surface area contributed by atoms with Crippen LogP contribution >= 0.6 is 0 Å². The maximum absolute atomic E-state index is 13.7. The minimum atomic E-state index is -1.57. The second-order valence-corrected chi connectivity index (χ2v) is 14.1. The number of carbonyl (C=O) groups excluding carboxylic acids is 7. The lowest BCUT2D eigenvalue weighted by Crippen LogP contribution is -2.78. The van der Waals surface area contributed by atoms with Crippen LogP contribution in [0, 0.1) is 5.41 Å². The van der Waals surface area contributed by atoms with Gasteiger partial charge in [0.2, 0.25) is 29.5 Å². The highest BCUT2D eigenvalue weighted by molar-refractivity contribution is 5.96. The van der Waals surface area contributed by atoms with Crippen molar-refractivity contribution in [3.63, 3.8) is 0 Å². The molecule has 19 nitrogen and oxygen atoms in total. The lowest BCUT2D eigenvalue weighted by molar-refractivity contribution is -0.459. The van der Waals surface area contributed by atoms with Crippen molar-refractivity contribution >= 4 is 47.7 Å². The molecule has 0 spiro atoms. The molecule has 6 amide bonds. The van der Waals surface area contributed by atoms with Crippen LogP contribution in [0.1, 0.15) is 92.9 Å². The van der Waals surface area contributed by atoms with Gasteiger partial charge < -0.3 is 53.1 Å². The SMILES string of the molecule is C[C@H]([NH3+])C(=O)N[C@@H](CCC[NH+]=C(N)N)C(=O)N[C@H](C(=O)N[C@@H](CCCCC(C)(C)C)C(=O)N[C@@H](CCC(N)=O)C(=O)N[C@H](C=O)[C@@H](C)O)[C@@H](C)O. The first-order chi connectivity index (χ1) is 23.6. The number of amides is 6. The first-order valence-corrected chi connectivity index (χ1v) is 17.2. The Morgan fingerprint density at radius 3 is 1.67 bits per heavy atom. The third-order valence-corrected chi connectivity index (χ3v) is 7.73. The number of nitrogens with two attached hydrogens (primary N) is 3. The van der Waals surface area contributed by atoms with Gasteiger partial charge in [0, 0.05) is 6.42 Å². The fraction of sp³-hybridized carbons (Fsp3) is 0.750. The third kappa shape index (κ3) is 20.2. The molecular formula is C32H62N10O9+2. The molecule has 17 N–H and O–H groups in total. The largest absolute Gasteiger partial charge is 0.391 e. The molecule has 0 aliphatic rings. The topological polar surface area (TPSA) is 340 Å². The molecule has 19 heteroatoms. The summed E-state index contributed by atoms with van der Waals surface area (Å²) < 4.78 is 0. The predicted octanol–water partition coefficient (Wildman–Crippen LogP) is -5.99. The molecule has 0 rings (SSSR count). The highest BCUT2D eigenvalue weighted by atomic mass is 16.3. The van der Waals surface area contributed by atoms with Gasteiger partial charge >= 0.3 is 5.96 Å². The number of primary amides is 1. The van der Waals surface area contributed by atoms with Crippen LogP contribution in [0.5, 0.6) is 0 Å². The van der Waals surface area contributed by atoms with Crippen molar-refractivity contribution in [1.82, 2.24) is 26.6 Å². The average molecular weight is 731 g/mol. The molecular weight excluding hydrogens is 668 g/mol. The second-order valence-electron chi connectivity index (χ2n) is 14.1. The summed E-state index contributed by atoms with van der Waals surface area (Å²) in [6.07, 6.45) is -0.485. The van der Waals surface area contributed by atoms with Crippen molar-refractivity contribution in [3.05, 3.63) is 0 Å².